The molecule has 0 bridgehead atoms. The largest absolute Gasteiger partial charge is 0.471 e. The van der Waals surface area contributed by atoms with E-state index in [1.54, 1.807) is 13.0 Å². The first kappa shape index (κ1) is 23.1. The van der Waals surface area contributed by atoms with Gasteiger partial charge in [0.1, 0.15) is 24.4 Å². The van der Waals surface area contributed by atoms with Crippen LogP contribution < -0.4 is 0 Å². The lowest BCUT2D eigenvalue weighted by Gasteiger charge is -2.43. The van der Waals surface area contributed by atoms with Crippen molar-refractivity contribution in [2.24, 2.45) is 11.8 Å². The molecule has 9 atom stereocenters. The quantitative estimate of drug-likeness (QED) is 0.219. The van der Waals surface area contributed by atoms with Crippen LogP contribution in [0.4, 0.5) is 0 Å². The van der Waals surface area contributed by atoms with Crippen LogP contribution in [0, 0.1) is 11.8 Å². The number of rotatable bonds is 7. The average molecular weight is 432 g/mol. The Kier molecular flexibility index (Phi) is 7.47. The lowest BCUT2D eigenvalue weighted by atomic mass is 9.82. The lowest BCUT2D eigenvalue weighted by molar-refractivity contribution is -0.340. The van der Waals surface area contributed by atoms with Crippen LogP contribution in [0.5, 0.6) is 0 Å². The van der Waals surface area contributed by atoms with Gasteiger partial charge in [-0.25, -0.2) is 4.79 Å². The normalized spacial score (nSPS) is 40.8. The minimum Gasteiger partial charge on any atom is -0.471 e. The topological polar surface area (TPSA) is 164 Å². The molecule has 0 aromatic heterocycles. The fourth-order valence-corrected chi connectivity index (χ4v) is 4.11. The van der Waals surface area contributed by atoms with Crippen LogP contribution in [-0.4, -0.2) is 102 Å². The standard InChI is InChI=1S/C19H28O11/c1-3-27-10-4-8(5-20)12-13(10)9(17(25)26-2)7-28-18(12)30-19-16(24)15(23)14(22)11(6-21)29-19/h4,7,10-16,18-24H,3,5-6H2,1-2H3/t10?,11?,12-,13+,14?,15?,16?,18?,19?/m1/s1. The Bertz CT molecular complexity index is 675. The highest BCUT2D eigenvalue weighted by molar-refractivity contribution is 5.89. The smallest absolute Gasteiger partial charge is 0.337 e. The highest BCUT2D eigenvalue weighted by Crippen LogP contribution is 2.45. The summed E-state index contributed by atoms with van der Waals surface area (Å²) in [5, 5.41) is 49.4. The van der Waals surface area contributed by atoms with Crippen molar-refractivity contribution in [3.8, 4) is 0 Å². The fourth-order valence-electron chi connectivity index (χ4n) is 4.11. The molecular formula is C19H28O11. The van der Waals surface area contributed by atoms with Gasteiger partial charge in [0.15, 0.2) is 6.29 Å². The van der Waals surface area contributed by atoms with Gasteiger partial charge in [0, 0.05) is 12.5 Å². The molecule has 0 aromatic carbocycles. The molecule has 2 aliphatic heterocycles. The highest BCUT2D eigenvalue weighted by atomic mass is 16.8. The van der Waals surface area contributed by atoms with Gasteiger partial charge in [-0.2, -0.15) is 0 Å². The predicted molar refractivity (Wildman–Crippen MR) is 97.4 cm³/mol. The Morgan fingerprint density at radius 1 is 1.10 bits per heavy atom. The lowest BCUT2D eigenvalue weighted by Crippen LogP contribution is -2.60. The minimum atomic E-state index is -1.62. The zero-order chi connectivity index (χ0) is 22.0. The van der Waals surface area contributed by atoms with E-state index < -0.39 is 67.5 Å². The summed E-state index contributed by atoms with van der Waals surface area (Å²) >= 11 is 0. The second-order valence-electron chi connectivity index (χ2n) is 7.27. The Labute approximate surface area is 173 Å². The monoisotopic (exact) mass is 432 g/mol. The number of carbonyl (C=O) groups is 1. The van der Waals surface area contributed by atoms with E-state index in [-0.39, 0.29) is 12.2 Å². The van der Waals surface area contributed by atoms with Crippen LogP contribution in [0.15, 0.2) is 23.5 Å². The summed E-state index contributed by atoms with van der Waals surface area (Å²) in [6.45, 7) is 1.19. The summed E-state index contributed by atoms with van der Waals surface area (Å²) in [7, 11) is 1.24. The number of hydrogen-bond donors (Lipinski definition) is 5. The van der Waals surface area contributed by atoms with Crippen LogP contribution >= 0.6 is 0 Å². The molecule has 7 unspecified atom stereocenters. The molecule has 11 nitrogen and oxygen atoms in total. The Morgan fingerprint density at radius 2 is 1.83 bits per heavy atom. The zero-order valence-electron chi connectivity index (χ0n) is 16.7. The van der Waals surface area contributed by atoms with Crippen LogP contribution in [0.1, 0.15) is 6.92 Å². The molecule has 1 saturated heterocycles. The second-order valence-corrected chi connectivity index (χ2v) is 7.27. The molecule has 3 aliphatic rings. The van der Waals surface area contributed by atoms with Crippen molar-refractivity contribution in [2.45, 2.75) is 50.0 Å². The van der Waals surface area contributed by atoms with Crippen LogP contribution in [0.2, 0.25) is 0 Å². The van der Waals surface area contributed by atoms with E-state index in [1.165, 1.54) is 13.4 Å². The van der Waals surface area contributed by atoms with Crippen LogP contribution in [0.3, 0.4) is 0 Å². The van der Waals surface area contributed by atoms with Crippen molar-refractivity contribution in [1.82, 2.24) is 0 Å². The first-order valence-corrected chi connectivity index (χ1v) is 9.70. The van der Waals surface area contributed by atoms with Gasteiger partial charge in [0.25, 0.3) is 0 Å². The summed E-state index contributed by atoms with van der Waals surface area (Å²) in [5.41, 5.74) is 0.705. The van der Waals surface area contributed by atoms with Crippen molar-refractivity contribution in [1.29, 1.82) is 0 Å². The predicted octanol–water partition coefficient (Wildman–Crippen LogP) is -2.21. The summed E-state index contributed by atoms with van der Waals surface area (Å²) < 4.78 is 27.3. The molecule has 0 radical (unpaired) electrons. The van der Waals surface area contributed by atoms with Crippen molar-refractivity contribution >= 4 is 5.97 Å². The van der Waals surface area contributed by atoms with Crippen molar-refractivity contribution in [3.05, 3.63) is 23.5 Å². The second kappa shape index (κ2) is 9.71. The van der Waals surface area contributed by atoms with Gasteiger partial charge in [-0.3, -0.25) is 0 Å². The summed E-state index contributed by atoms with van der Waals surface area (Å²) in [5.74, 6) is -1.87. The molecule has 0 spiro atoms. The number of aliphatic hydroxyl groups excluding tert-OH is 5. The number of esters is 1. The molecule has 0 saturated carbocycles. The average Bonchev–Trinajstić information content (AvgIpc) is 3.13. The van der Waals surface area contributed by atoms with Gasteiger partial charge in [-0.1, -0.05) is 6.08 Å². The molecule has 1 aliphatic carbocycles. The summed E-state index contributed by atoms with van der Waals surface area (Å²) in [6, 6.07) is 0. The first-order valence-electron chi connectivity index (χ1n) is 9.70. The molecule has 30 heavy (non-hydrogen) atoms. The van der Waals surface area contributed by atoms with Gasteiger partial charge in [-0.05, 0) is 12.5 Å². The number of carbonyl (C=O) groups excluding carboxylic acids is 1. The summed E-state index contributed by atoms with van der Waals surface area (Å²) in [6.07, 6.45) is -6.15. The number of methoxy groups -OCH3 is 1. The van der Waals surface area contributed by atoms with Crippen molar-refractivity contribution < 1.29 is 54.0 Å². The van der Waals surface area contributed by atoms with Crippen LogP contribution in [0.25, 0.3) is 0 Å². The van der Waals surface area contributed by atoms with Gasteiger partial charge < -0.3 is 49.2 Å². The maximum Gasteiger partial charge on any atom is 0.337 e. The summed E-state index contributed by atoms with van der Waals surface area (Å²) in [4.78, 5) is 12.3. The van der Waals surface area contributed by atoms with Gasteiger partial charge in [0.05, 0.1) is 44.2 Å². The van der Waals surface area contributed by atoms with Gasteiger partial charge in [-0.15, -0.1) is 0 Å². The number of hydrogen-bond acceptors (Lipinski definition) is 11. The van der Waals surface area contributed by atoms with E-state index in [4.69, 9.17) is 23.7 Å². The maximum absolute atomic E-state index is 12.3. The van der Waals surface area contributed by atoms with E-state index in [0.29, 0.717) is 12.2 Å². The SMILES string of the molecule is CCOC1C=C(CO)[C@H]2C(OC3OC(CO)C(O)C(O)C3O)OC=C(C(=O)OC)[C@@H]12. The van der Waals surface area contributed by atoms with Gasteiger partial charge in [0.2, 0.25) is 6.29 Å². The van der Waals surface area contributed by atoms with Gasteiger partial charge >= 0.3 is 5.97 Å². The van der Waals surface area contributed by atoms with E-state index in [9.17, 15) is 30.3 Å². The zero-order valence-corrected chi connectivity index (χ0v) is 16.7. The fraction of sp³-hybridized carbons (Fsp3) is 0.737. The number of ether oxygens (including phenoxy) is 5. The third-order valence-corrected chi connectivity index (χ3v) is 5.61. The third-order valence-electron chi connectivity index (χ3n) is 5.61. The molecule has 170 valence electrons. The van der Waals surface area contributed by atoms with E-state index in [1.807, 2.05) is 0 Å². The van der Waals surface area contributed by atoms with E-state index in [2.05, 4.69) is 0 Å². The minimum absolute atomic E-state index is 0.203. The van der Waals surface area contributed by atoms with Crippen molar-refractivity contribution in [3.63, 3.8) is 0 Å². The van der Waals surface area contributed by atoms with E-state index in [0.717, 1.165) is 0 Å². The Balaban J connectivity index is 1.87. The van der Waals surface area contributed by atoms with Crippen molar-refractivity contribution in [2.75, 3.05) is 26.9 Å². The number of aliphatic hydroxyl groups is 5. The van der Waals surface area contributed by atoms with Crippen LogP contribution in [-0.2, 0) is 28.5 Å². The molecule has 0 aromatic rings. The molecular weight excluding hydrogens is 404 g/mol. The highest BCUT2D eigenvalue weighted by Gasteiger charge is 2.52. The first-order chi connectivity index (χ1) is 14.4. The number of fused-ring (bicyclic) bond motifs is 1. The molecule has 3 rings (SSSR count). The Morgan fingerprint density at radius 3 is 2.43 bits per heavy atom. The molecule has 2 heterocycles. The molecule has 11 heteroatoms. The van der Waals surface area contributed by atoms with E-state index >= 15 is 0 Å². The maximum atomic E-state index is 12.3. The molecule has 1 fully saturated rings. The molecule has 5 N–H and O–H groups in total. The molecule has 0 amide bonds. The Hall–Kier alpha value is -1.57. The third kappa shape index (κ3) is 4.12.